The molecule has 0 fully saturated rings. The molecule has 1 aromatic carbocycles. The highest BCUT2D eigenvalue weighted by Gasteiger charge is 2.25. The molecule has 1 N–H and O–H groups in total. The van der Waals surface area contributed by atoms with Gasteiger partial charge in [0.1, 0.15) is 17.8 Å². The second kappa shape index (κ2) is 5.45. The second-order valence-corrected chi connectivity index (χ2v) is 4.51. The van der Waals surface area contributed by atoms with Crippen LogP contribution in [0.3, 0.4) is 0 Å². The third-order valence-corrected chi connectivity index (χ3v) is 3.08. The lowest BCUT2D eigenvalue weighted by atomic mass is 10.1. The lowest BCUT2D eigenvalue weighted by Crippen LogP contribution is -2.04. The molecule has 0 spiro atoms. The summed E-state index contributed by atoms with van der Waals surface area (Å²) in [5.41, 5.74) is -1.59. The first-order chi connectivity index (χ1) is 9.45. The minimum atomic E-state index is -0.964. The Morgan fingerprint density at radius 3 is 2.70 bits per heavy atom. The molecule has 104 valence electrons. The summed E-state index contributed by atoms with van der Waals surface area (Å²) >= 11 is 2.90. The number of halogens is 3. The van der Waals surface area contributed by atoms with E-state index in [9.17, 15) is 18.9 Å². The van der Waals surface area contributed by atoms with E-state index >= 15 is 0 Å². The summed E-state index contributed by atoms with van der Waals surface area (Å²) < 4.78 is 27.8. The molecule has 20 heavy (non-hydrogen) atoms. The van der Waals surface area contributed by atoms with Gasteiger partial charge in [0.2, 0.25) is 5.95 Å². The van der Waals surface area contributed by atoms with Crippen molar-refractivity contribution < 1.29 is 13.7 Å². The van der Waals surface area contributed by atoms with E-state index in [1.807, 2.05) is 0 Å². The molecule has 0 aliphatic heterocycles. The van der Waals surface area contributed by atoms with E-state index in [1.165, 1.54) is 13.1 Å². The Kier molecular flexibility index (Phi) is 3.89. The van der Waals surface area contributed by atoms with Crippen molar-refractivity contribution in [1.29, 1.82) is 0 Å². The molecule has 9 heteroatoms. The van der Waals surface area contributed by atoms with E-state index in [1.54, 1.807) is 0 Å². The summed E-state index contributed by atoms with van der Waals surface area (Å²) in [5, 5.41) is 13.5. The summed E-state index contributed by atoms with van der Waals surface area (Å²) in [7, 11) is 1.48. The van der Waals surface area contributed by atoms with Crippen LogP contribution in [0, 0.1) is 21.7 Å². The Labute approximate surface area is 120 Å². The zero-order valence-electron chi connectivity index (χ0n) is 10.0. The lowest BCUT2D eigenvalue weighted by Gasteiger charge is -2.07. The highest BCUT2D eigenvalue weighted by Crippen LogP contribution is 2.34. The van der Waals surface area contributed by atoms with Crippen LogP contribution in [0.1, 0.15) is 0 Å². The number of hydrogen-bond donors (Lipinski definition) is 1. The van der Waals surface area contributed by atoms with Gasteiger partial charge in [-0.05, 0) is 28.1 Å². The monoisotopic (exact) mass is 344 g/mol. The molecule has 0 amide bonds. The van der Waals surface area contributed by atoms with Crippen LogP contribution in [-0.2, 0) is 0 Å². The number of anilines is 1. The maximum absolute atomic E-state index is 14.0. The molecule has 1 aromatic heterocycles. The average molecular weight is 345 g/mol. The number of nitrogens with one attached hydrogen (secondary N) is 1. The van der Waals surface area contributed by atoms with E-state index in [0.717, 1.165) is 12.3 Å². The van der Waals surface area contributed by atoms with Gasteiger partial charge >= 0.3 is 5.69 Å². The largest absolute Gasteiger partial charge is 0.357 e. The minimum Gasteiger partial charge on any atom is -0.357 e. The van der Waals surface area contributed by atoms with E-state index in [0.29, 0.717) is 0 Å². The van der Waals surface area contributed by atoms with Crippen LogP contribution < -0.4 is 5.32 Å². The second-order valence-electron chi connectivity index (χ2n) is 3.65. The molecule has 6 nitrogen and oxygen atoms in total. The normalized spacial score (nSPS) is 10.4. The number of hydrogen-bond acceptors (Lipinski definition) is 5. The van der Waals surface area contributed by atoms with Crippen molar-refractivity contribution in [1.82, 2.24) is 9.97 Å². The third-order valence-electron chi connectivity index (χ3n) is 2.47. The number of nitro groups is 1. The average Bonchev–Trinajstić information content (AvgIpc) is 2.43. The standard InChI is InChI=1S/C11H7BrF2N4O2/c1-15-11-16-4-7(18(19)20)10(17-11)8-6(13)3-2-5(12)9(8)14/h2-4H,1H3,(H,15,16,17). The van der Waals surface area contributed by atoms with Crippen LogP contribution in [0.2, 0.25) is 0 Å². The summed E-state index contributed by atoms with van der Waals surface area (Å²) in [6.07, 6.45) is 0.897. The van der Waals surface area contributed by atoms with E-state index in [4.69, 9.17) is 0 Å². The van der Waals surface area contributed by atoms with Crippen LogP contribution >= 0.6 is 15.9 Å². The molecular weight excluding hydrogens is 338 g/mol. The van der Waals surface area contributed by atoms with Gasteiger partial charge in [-0.1, -0.05) is 0 Å². The smallest absolute Gasteiger partial charge is 0.314 e. The topological polar surface area (TPSA) is 81.0 Å². The van der Waals surface area contributed by atoms with E-state index in [-0.39, 0.29) is 10.4 Å². The molecule has 0 aliphatic rings. The van der Waals surface area contributed by atoms with Crippen molar-refractivity contribution in [2.45, 2.75) is 0 Å². The molecule has 0 aliphatic carbocycles. The van der Waals surface area contributed by atoms with Gasteiger partial charge in [-0.25, -0.2) is 18.7 Å². The van der Waals surface area contributed by atoms with Crippen molar-refractivity contribution >= 4 is 27.6 Å². The zero-order chi connectivity index (χ0) is 14.9. The first-order valence-corrected chi connectivity index (χ1v) is 6.08. The van der Waals surface area contributed by atoms with Gasteiger partial charge in [0.15, 0.2) is 5.69 Å². The zero-order valence-corrected chi connectivity index (χ0v) is 11.6. The fourth-order valence-corrected chi connectivity index (χ4v) is 1.89. The van der Waals surface area contributed by atoms with Gasteiger partial charge in [0.25, 0.3) is 0 Å². The van der Waals surface area contributed by atoms with Crippen LogP contribution in [0.5, 0.6) is 0 Å². The molecule has 0 saturated heterocycles. The first kappa shape index (κ1) is 14.3. The highest BCUT2D eigenvalue weighted by molar-refractivity contribution is 9.10. The number of aromatic nitrogens is 2. The van der Waals surface area contributed by atoms with Gasteiger partial charge in [-0.2, -0.15) is 0 Å². The van der Waals surface area contributed by atoms with Crippen molar-refractivity contribution in [3.05, 3.63) is 44.6 Å². The number of nitrogens with zero attached hydrogens (tertiary/aromatic N) is 3. The Morgan fingerprint density at radius 1 is 1.40 bits per heavy atom. The molecule has 0 bridgehead atoms. The van der Waals surface area contributed by atoms with E-state index in [2.05, 4.69) is 31.2 Å². The van der Waals surface area contributed by atoms with Crippen molar-refractivity contribution in [2.24, 2.45) is 0 Å². The van der Waals surface area contributed by atoms with Gasteiger partial charge in [0, 0.05) is 7.05 Å². The summed E-state index contributed by atoms with van der Waals surface area (Å²) in [4.78, 5) is 17.6. The van der Waals surface area contributed by atoms with Crippen molar-refractivity contribution in [3.8, 4) is 11.3 Å². The molecule has 0 saturated carbocycles. The van der Waals surface area contributed by atoms with Crippen LogP contribution in [0.25, 0.3) is 11.3 Å². The van der Waals surface area contributed by atoms with Gasteiger partial charge in [-0.3, -0.25) is 10.1 Å². The fourth-order valence-electron chi connectivity index (χ4n) is 1.56. The van der Waals surface area contributed by atoms with E-state index < -0.39 is 33.5 Å². The van der Waals surface area contributed by atoms with Gasteiger partial charge in [0.05, 0.1) is 15.0 Å². The van der Waals surface area contributed by atoms with Crippen LogP contribution in [0.4, 0.5) is 20.4 Å². The maximum atomic E-state index is 14.0. The lowest BCUT2D eigenvalue weighted by molar-refractivity contribution is -0.384. The summed E-state index contributed by atoms with van der Waals surface area (Å²) in [6, 6.07) is 2.16. The number of benzene rings is 1. The van der Waals surface area contributed by atoms with Crippen molar-refractivity contribution in [3.63, 3.8) is 0 Å². The molecule has 2 aromatic rings. The Hall–Kier alpha value is -2.16. The number of rotatable bonds is 3. The minimum absolute atomic E-state index is 0.0179. The van der Waals surface area contributed by atoms with Gasteiger partial charge in [-0.15, -0.1) is 0 Å². The maximum Gasteiger partial charge on any atom is 0.314 e. The Balaban J connectivity index is 2.80. The molecular formula is C11H7BrF2N4O2. The molecule has 0 atom stereocenters. The quantitative estimate of drug-likeness (QED) is 0.525. The first-order valence-electron chi connectivity index (χ1n) is 5.28. The molecule has 0 unspecified atom stereocenters. The predicted molar refractivity (Wildman–Crippen MR) is 71.3 cm³/mol. The van der Waals surface area contributed by atoms with Crippen LogP contribution in [-0.4, -0.2) is 21.9 Å². The predicted octanol–water partition coefficient (Wildman–Crippen LogP) is 3.13. The summed E-state index contributed by atoms with van der Waals surface area (Å²) in [6.45, 7) is 0. The van der Waals surface area contributed by atoms with Crippen molar-refractivity contribution in [2.75, 3.05) is 12.4 Å². The summed E-state index contributed by atoms with van der Waals surface area (Å²) in [5.74, 6) is -1.90. The Bertz CT molecular complexity index is 696. The third kappa shape index (κ3) is 2.44. The molecule has 2 rings (SSSR count). The van der Waals surface area contributed by atoms with Gasteiger partial charge < -0.3 is 5.32 Å². The van der Waals surface area contributed by atoms with Crippen LogP contribution in [0.15, 0.2) is 22.8 Å². The SMILES string of the molecule is CNc1ncc([N+](=O)[O-])c(-c2c(F)ccc(Br)c2F)n1. The highest BCUT2D eigenvalue weighted by atomic mass is 79.9. The molecule has 1 heterocycles. The Morgan fingerprint density at radius 2 is 2.10 bits per heavy atom. The molecule has 0 radical (unpaired) electrons. The fraction of sp³-hybridized carbons (Fsp3) is 0.0909.